The van der Waals surface area contributed by atoms with Crippen LogP contribution in [0.4, 0.5) is 0 Å². The molecule has 0 saturated heterocycles. The van der Waals surface area contributed by atoms with Crippen molar-refractivity contribution in [3.63, 3.8) is 0 Å². The van der Waals surface area contributed by atoms with Gasteiger partial charge in [0.15, 0.2) is 0 Å². The molecule has 0 bridgehead atoms. The summed E-state index contributed by atoms with van der Waals surface area (Å²) in [6.45, 7) is 8.75. The van der Waals surface area contributed by atoms with E-state index in [0.29, 0.717) is 18.6 Å². The zero-order valence-electron chi connectivity index (χ0n) is 11.3. The van der Waals surface area contributed by atoms with E-state index in [4.69, 9.17) is 4.74 Å². The van der Waals surface area contributed by atoms with E-state index in [2.05, 4.69) is 36.4 Å². The molecule has 0 spiro atoms. The van der Waals surface area contributed by atoms with Crippen LogP contribution in [0.5, 0.6) is 0 Å². The van der Waals surface area contributed by atoms with Crippen molar-refractivity contribution in [2.45, 2.75) is 46.4 Å². The summed E-state index contributed by atoms with van der Waals surface area (Å²) in [5.41, 5.74) is 0.961. The number of nitrogens with zero attached hydrogens (tertiary/aromatic N) is 3. The summed E-state index contributed by atoms with van der Waals surface area (Å²) in [4.78, 5) is 0. The molecule has 0 fully saturated rings. The number of aromatic nitrogens is 3. The van der Waals surface area contributed by atoms with Crippen LogP contribution in [0, 0.1) is 5.92 Å². The van der Waals surface area contributed by atoms with Gasteiger partial charge in [-0.15, -0.1) is 5.10 Å². The van der Waals surface area contributed by atoms with Gasteiger partial charge in [-0.05, 0) is 26.3 Å². The Hall–Kier alpha value is -0.940. The van der Waals surface area contributed by atoms with E-state index in [1.54, 1.807) is 0 Å². The SMILES string of the molecule is CNCc1cn(CCOC(C)CC(C)C)nn1. The number of hydrogen-bond acceptors (Lipinski definition) is 4. The lowest BCUT2D eigenvalue weighted by Crippen LogP contribution is -2.15. The first-order valence-electron chi connectivity index (χ1n) is 6.27. The summed E-state index contributed by atoms with van der Waals surface area (Å²) in [5, 5.41) is 11.1. The third-order valence-electron chi connectivity index (χ3n) is 2.47. The Kier molecular flexibility index (Phi) is 6.15. The lowest BCUT2D eigenvalue weighted by molar-refractivity contribution is 0.0452. The monoisotopic (exact) mass is 240 g/mol. The van der Waals surface area contributed by atoms with Crippen molar-refractivity contribution in [3.05, 3.63) is 11.9 Å². The van der Waals surface area contributed by atoms with Crippen molar-refractivity contribution in [3.8, 4) is 0 Å². The topological polar surface area (TPSA) is 52.0 Å². The Morgan fingerprint density at radius 1 is 1.41 bits per heavy atom. The normalized spacial score (nSPS) is 13.2. The molecule has 5 heteroatoms. The molecule has 0 amide bonds. The van der Waals surface area contributed by atoms with E-state index in [0.717, 1.165) is 25.2 Å². The Labute approximate surface area is 104 Å². The van der Waals surface area contributed by atoms with Crippen LogP contribution < -0.4 is 5.32 Å². The second-order valence-corrected chi connectivity index (χ2v) is 4.81. The molecular formula is C12H24N4O. The maximum absolute atomic E-state index is 5.72. The van der Waals surface area contributed by atoms with Crippen molar-refractivity contribution in [2.75, 3.05) is 13.7 Å². The Morgan fingerprint density at radius 3 is 2.82 bits per heavy atom. The van der Waals surface area contributed by atoms with Crippen molar-refractivity contribution < 1.29 is 4.74 Å². The van der Waals surface area contributed by atoms with Gasteiger partial charge in [-0.1, -0.05) is 19.1 Å². The number of hydrogen-bond donors (Lipinski definition) is 1. The average Bonchev–Trinajstić information content (AvgIpc) is 2.65. The fourth-order valence-electron chi connectivity index (χ4n) is 1.79. The minimum absolute atomic E-state index is 0.315. The van der Waals surface area contributed by atoms with Crippen molar-refractivity contribution in [1.29, 1.82) is 0 Å². The van der Waals surface area contributed by atoms with Gasteiger partial charge in [0.1, 0.15) is 0 Å². The molecule has 1 N–H and O–H groups in total. The molecule has 0 aliphatic rings. The van der Waals surface area contributed by atoms with E-state index in [-0.39, 0.29) is 0 Å². The highest BCUT2D eigenvalue weighted by atomic mass is 16.5. The molecule has 1 unspecified atom stereocenters. The smallest absolute Gasteiger partial charge is 0.0964 e. The van der Waals surface area contributed by atoms with E-state index in [1.165, 1.54) is 0 Å². The fraction of sp³-hybridized carbons (Fsp3) is 0.833. The molecule has 5 nitrogen and oxygen atoms in total. The molecule has 0 aliphatic carbocycles. The number of rotatable bonds is 8. The molecule has 1 heterocycles. The van der Waals surface area contributed by atoms with Gasteiger partial charge in [-0.3, -0.25) is 0 Å². The lowest BCUT2D eigenvalue weighted by atomic mass is 10.1. The fourth-order valence-corrected chi connectivity index (χ4v) is 1.79. The highest BCUT2D eigenvalue weighted by Gasteiger charge is 2.05. The van der Waals surface area contributed by atoms with Crippen LogP contribution >= 0.6 is 0 Å². The molecule has 0 aromatic carbocycles. The maximum Gasteiger partial charge on any atom is 0.0964 e. The lowest BCUT2D eigenvalue weighted by Gasteiger charge is -2.14. The quantitative estimate of drug-likeness (QED) is 0.747. The third-order valence-corrected chi connectivity index (χ3v) is 2.47. The largest absolute Gasteiger partial charge is 0.377 e. The van der Waals surface area contributed by atoms with Gasteiger partial charge in [-0.25, -0.2) is 4.68 Å². The summed E-state index contributed by atoms with van der Waals surface area (Å²) in [7, 11) is 1.90. The second-order valence-electron chi connectivity index (χ2n) is 4.81. The van der Waals surface area contributed by atoms with Crippen LogP contribution in [0.2, 0.25) is 0 Å². The minimum Gasteiger partial charge on any atom is -0.377 e. The molecule has 98 valence electrons. The van der Waals surface area contributed by atoms with Gasteiger partial charge in [0, 0.05) is 12.7 Å². The average molecular weight is 240 g/mol. The highest BCUT2D eigenvalue weighted by Crippen LogP contribution is 2.07. The van der Waals surface area contributed by atoms with Gasteiger partial charge < -0.3 is 10.1 Å². The molecule has 0 radical (unpaired) electrons. The Morgan fingerprint density at radius 2 is 2.18 bits per heavy atom. The summed E-state index contributed by atoms with van der Waals surface area (Å²) in [6, 6.07) is 0. The predicted molar refractivity (Wildman–Crippen MR) is 67.7 cm³/mol. The van der Waals surface area contributed by atoms with Crippen LogP contribution in [-0.4, -0.2) is 34.8 Å². The third kappa shape index (κ3) is 5.79. The first kappa shape index (κ1) is 14.1. The van der Waals surface area contributed by atoms with E-state index >= 15 is 0 Å². The molecule has 1 atom stereocenters. The Balaban J connectivity index is 2.21. The van der Waals surface area contributed by atoms with Gasteiger partial charge in [0.05, 0.1) is 24.9 Å². The van der Waals surface area contributed by atoms with Crippen LogP contribution in [-0.2, 0) is 17.8 Å². The van der Waals surface area contributed by atoms with Crippen LogP contribution in [0.1, 0.15) is 32.9 Å². The molecule has 1 rings (SSSR count). The second kappa shape index (κ2) is 7.40. The van der Waals surface area contributed by atoms with E-state index in [1.807, 2.05) is 17.9 Å². The van der Waals surface area contributed by atoms with Gasteiger partial charge in [-0.2, -0.15) is 0 Å². The minimum atomic E-state index is 0.315. The van der Waals surface area contributed by atoms with E-state index in [9.17, 15) is 0 Å². The molecule has 17 heavy (non-hydrogen) atoms. The zero-order chi connectivity index (χ0) is 12.7. The van der Waals surface area contributed by atoms with Crippen LogP contribution in [0.3, 0.4) is 0 Å². The first-order valence-corrected chi connectivity index (χ1v) is 6.27. The summed E-state index contributed by atoms with van der Waals surface area (Å²) in [6.07, 6.45) is 3.37. The summed E-state index contributed by atoms with van der Waals surface area (Å²) < 4.78 is 7.55. The van der Waals surface area contributed by atoms with Crippen molar-refractivity contribution >= 4 is 0 Å². The standard InChI is InChI=1S/C12H24N4O/c1-10(2)7-11(3)17-6-5-16-9-12(8-13-4)14-15-16/h9-11,13H,5-8H2,1-4H3. The van der Waals surface area contributed by atoms with Crippen LogP contribution in [0.15, 0.2) is 6.20 Å². The van der Waals surface area contributed by atoms with Crippen molar-refractivity contribution in [1.82, 2.24) is 20.3 Å². The highest BCUT2D eigenvalue weighted by molar-refractivity contribution is 4.90. The molecular weight excluding hydrogens is 216 g/mol. The Bertz CT molecular complexity index is 311. The first-order chi connectivity index (χ1) is 8.11. The van der Waals surface area contributed by atoms with Crippen molar-refractivity contribution in [2.24, 2.45) is 5.92 Å². The molecule has 1 aromatic rings. The molecule has 0 aliphatic heterocycles. The molecule has 1 aromatic heterocycles. The maximum atomic E-state index is 5.72. The number of ether oxygens (including phenoxy) is 1. The summed E-state index contributed by atoms with van der Waals surface area (Å²) in [5.74, 6) is 0.679. The zero-order valence-corrected chi connectivity index (χ0v) is 11.3. The summed E-state index contributed by atoms with van der Waals surface area (Å²) >= 11 is 0. The molecule has 0 saturated carbocycles. The van der Waals surface area contributed by atoms with Gasteiger partial charge in [0.25, 0.3) is 0 Å². The van der Waals surface area contributed by atoms with E-state index < -0.39 is 0 Å². The van der Waals surface area contributed by atoms with Crippen LogP contribution in [0.25, 0.3) is 0 Å². The van der Waals surface area contributed by atoms with Gasteiger partial charge in [0.2, 0.25) is 0 Å². The van der Waals surface area contributed by atoms with Gasteiger partial charge >= 0.3 is 0 Å². The number of nitrogens with one attached hydrogen (secondary N) is 1. The predicted octanol–water partition coefficient (Wildman–Crippen LogP) is 1.45.